The SMILES string of the molecule is C=CC1=C(C)C=B[B]1. The van der Waals surface area contributed by atoms with Gasteiger partial charge in [-0.3, -0.25) is 0 Å². The van der Waals surface area contributed by atoms with Crippen LogP contribution in [0.25, 0.3) is 0 Å². The molecular weight excluding hydrogens is 93.7 g/mol. The second-order valence-electron chi connectivity index (χ2n) is 1.87. The third kappa shape index (κ3) is 0.835. The fourth-order valence-electron chi connectivity index (χ4n) is 0.753. The van der Waals surface area contributed by atoms with Crippen molar-refractivity contribution in [1.82, 2.24) is 0 Å². The molecule has 0 fully saturated rings. The molecule has 0 saturated carbocycles. The Hall–Kier alpha value is -0.520. The summed E-state index contributed by atoms with van der Waals surface area (Å²) in [5.41, 5.74) is 2.55. The van der Waals surface area contributed by atoms with Gasteiger partial charge in [0.1, 0.15) is 0 Å². The molecule has 0 amide bonds. The van der Waals surface area contributed by atoms with Crippen LogP contribution in [0, 0.1) is 0 Å². The van der Waals surface area contributed by atoms with Gasteiger partial charge < -0.3 is 0 Å². The van der Waals surface area contributed by atoms with Gasteiger partial charge in [-0.1, -0.05) is 0 Å². The van der Waals surface area contributed by atoms with Crippen LogP contribution in [0.5, 0.6) is 0 Å². The number of rotatable bonds is 1. The molecular formula is C6H7B2. The Morgan fingerprint density at radius 2 is 2.50 bits per heavy atom. The van der Waals surface area contributed by atoms with Crippen LogP contribution < -0.4 is 0 Å². The molecule has 1 radical (unpaired) electrons. The van der Waals surface area contributed by atoms with Gasteiger partial charge in [-0.25, -0.2) is 0 Å². The quantitative estimate of drug-likeness (QED) is 0.423. The van der Waals surface area contributed by atoms with Gasteiger partial charge in [0.15, 0.2) is 0 Å². The van der Waals surface area contributed by atoms with Crippen LogP contribution in [0.4, 0.5) is 0 Å². The molecule has 0 aromatic rings. The van der Waals surface area contributed by atoms with Gasteiger partial charge in [0, 0.05) is 0 Å². The van der Waals surface area contributed by atoms with Crippen molar-refractivity contribution in [3.8, 4) is 0 Å². The average molecular weight is 101 g/mol. The molecule has 37 valence electrons. The topological polar surface area (TPSA) is 0 Å². The Bertz CT molecular complexity index is 165. The van der Waals surface area contributed by atoms with E-state index in [1.807, 2.05) is 12.9 Å². The van der Waals surface area contributed by atoms with E-state index < -0.39 is 0 Å². The van der Waals surface area contributed by atoms with Crippen molar-refractivity contribution >= 4 is 19.9 Å². The molecule has 1 rings (SSSR count). The van der Waals surface area contributed by atoms with Crippen LogP contribution in [0.1, 0.15) is 6.92 Å². The van der Waals surface area contributed by atoms with Gasteiger partial charge in [0.05, 0.1) is 0 Å². The standard InChI is InChI=1S/C6H7B2/c1-3-6-5(2)4-7-8-6/h3-4H,1H2,2H3. The Morgan fingerprint density at radius 3 is 2.75 bits per heavy atom. The molecule has 1 aliphatic heterocycles. The first-order chi connectivity index (χ1) is 3.84. The van der Waals surface area contributed by atoms with Crippen LogP contribution in [0.3, 0.4) is 0 Å². The summed E-state index contributed by atoms with van der Waals surface area (Å²) in [4.78, 5) is 0. The second kappa shape index (κ2) is 2.17. The number of hydrogen-bond donors (Lipinski definition) is 0. The van der Waals surface area contributed by atoms with Crippen molar-refractivity contribution in [2.24, 2.45) is 0 Å². The van der Waals surface area contributed by atoms with E-state index in [0.717, 1.165) is 0 Å². The number of hydrogen-bond acceptors (Lipinski definition) is 0. The molecule has 1 heterocycles. The normalized spacial score (nSPS) is 15.6. The molecule has 0 saturated heterocycles. The first-order valence-electron chi connectivity index (χ1n) is 2.69. The first-order valence-corrected chi connectivity index (χ1v) is 2.69. The molecule has 0 spiro atoms. The molecule has 2 heteroatoms. The molecule has 0 aliphatic carbocycles. The predicted octanol–water partition coefficient (Wildman–Crippen LogP) is 0.586. The maximum atomic E-state index is 3.66. The summed E-state index contributed by atoms with van der Waals surface area (Å²) in [5, 5.41) is 0. The van der Waals surface area contributed by atoms with Crippen molar-refractivity contribution < 1.29 is 0 Å². The molecule has 0 nitrogen and oxygen atoms in total. The average Bonchev–Trinajstić information content (AvgIpc) is 2.14. The zero-order valence-corrected chi connectivity index (χ0v) is 5.02. The summed E-state index contributed by atoms with van der Waals surface area (Å²) in [5.74, 6) is 2.08. The third-order valence-electron chi connectivity index (χ3n) is 1.30. The maximum absolute atomic E-state index is 3.66. The summed E-state index contributed by atoms with van der Waals surface area (Å²) in [6.07, 6.45) is 1.87. The van der Waals surface area contributed by atoms with Gasteiger partial charge in [0.2, 0.25) is 0 Å². The fourth-order valence-corrected chi connectivity index (χ4v) is 0.753. The molecule has 0 aromatic carbocycles. The Kier molecular flexibility index (Phi) is 1.52. The van der Waals surface area contributed by atoms with Crippen molar-refractivity contribution in [2.45, 2.75) is 6.92 Å². The third-order valence-corrected chi connectivity index (χ3v) is 1.30. The minimum absolute atomic E-state index is 1.24. The van der Waals surface area contributed by atoms with E-state index >= 15 is 0 Å². The van der Waals surface area contributed by atoms with Crippen LogP contribution in [-0.2, 0) is 0 Å². The molecule has 0 bridgehead atoms. The van der Waals surface area contributed by atoms with Crippen LogP contribution in [-0.4, -0.2) is 19.9 Å². The van der Waals surface area contributed by atoms with Crippen molar-refractivity contribution in [1.29, 1.82) is 0 Å². The Labute approximate surface area is 51.4 Å². The van der Waals surface area contributed by atoms with E-state index in [4.69, 9.17) is 0 Å². The molecule has 8 heavy (non-hydrogen) atoms. The Balaban J connectivity index is 2.82. The van der Waals surface area contributed by atoms with E-state index in [1.54, 1.807) is 0 Å². The van der Waals surface area contributed by atoms with Gasteiger partial charge >= 0.3 is 50.6 Å². The second-order valence-corrected chi connectivity index (χ2v) is 1.87. The van der Waals surface area contributed by atoms with Gasteiger partial charge in [0.25, 0.3) is 0 Å². The van der Waals surface area contributed by atoms with E-state index in [0.29, 0.717) is 0 Å². The molecule has 0 atom stereocenters. The minimum atomic E-state index is 1.24. The van der Waals surface area contributed by atoms with Crippen molar-refractivity contribution in [2.75, 3.05) is 0 Å². The van der Waals surface area contributed by atoms with Crippen molar-refractivity contribution in [3.63, 3.8) is 0 Å². The summed E-state index contributed by atoms with van der Waals surface area (Å²) in [6, 6.07) is 0. The fraction of sp³-hybridized carbons (Fsp3) is 0.167. The van der Waals surface area contributed by atoms with Gasteiger partial charge in [-0.2, -0.15) is 0 Å². The summed E-state index contributed by atoms with van der Waals surface area (Å²) < 4.78 is 0. The van der Waals surface area contributed by atoms with Gasteiger partial charge in [-0.05, 0) is 0 Å². The van der Waals surface area contributed by atoms with Crippen LogP contribution >= 0.6 is 0 Å². The molecule has 1 aliphatic rings. The van der Waals surface area contributed by atoms with Crippen LogP contribution in [0.15, 0.2) is 23.7 Å². The number of allylic oxidation sites excluding steroid dienone is 3. The van der Waals surface area contributed by atoms with Gasteiger partial charge in [-0.15, -0.1) is 0 Å². The summed E-state index contributed by atoms with van der Waals surface area (Å²) >= 11 is 0. The zero-order valence-electron chi connectivity index (χ0n) is 5.02. The first kappa shape index (κ1) is 5.61. The molecule has 0 unspecified atom stereocenters. The van der Waals surface area contributed by atoms with E-state index in [2.05, 4.69) is 26.6 Å². The van der Waals surface area contributed by atoms with Crippen molar-refractivity contribution in [3.05, 3.63) is 23.7 Å². The molecule has 0 aromatic heterocycles. The monoisotopic (exact) mass is 101 g/mol. The van der Waals surface area contributed by atoms with E-state index in [9.17, 15) is 0 Å². The predicted molar refractivity (Wildman–Crippen MR) is 40.5 cm³/mol. The Morgan fingerprint density at radius 1 is 1.75 bits per heavy atom. The van der Waals surface area contributed by atoms with E-state index in [-0.39, 0.29) is 0 Å². The molecule has 0 N–H and O–H groups in total. The van der Waals surface area contributed by atoms with E-state index in [1.165, 1.54) is 11.0 Å². The summed E-state index contributed by atoms with van der Waals surface area (Å²) in [7, 11) is 2.06. The summed E-state index contributed by atoms with van der Waals surface area (Å²) in [6.45, 7) is 7.78. The zero-order chi connectivity index (χ0) is 5.98. The van der Waals surface area contributed by atoms with Crippen LogP contribution in [0.2, 0.25) is 0 Å².